The molecule has 1 aromatic heterocycles. The number of hydrogen-bond acceptors (Lipinski definition) is 4. The van der Waals surface area contributed by atoms with E-state index in [1.54, 1.807) is 19.1 Å². The number of carbonyl (C=O) groups excluding carboxylic acids is 1. The average molecular weight is 205 g/mol. The van der Waals surface area contributed by atoms with Crippen molar-refractivity contribution in [1.82, 2.24) is 9.97 Å². The van der Waals surface area contributed by atoms with E-state index in [1.807, 2.05) is 0 Å². The second kappa shape index (κ2) is 3.61. The quantitative estimate of drug-likeness (QED) is 0.572. The standard InChI is InChI=1S/C10H11N3O2/c1-2-15-10(14)7-3-6(11)4-8-9(7)13-5-12-8/h3-5H,2,11H2,1H3,(H,12,13). The van der Waals surface area contributed by atoms with E-state index >= 15 is 0 Å². The fourth-order valence-electron chi connectivity index (χ4n) is 1.44. The predicted molar refractivity (Wildman–Crippen MR) is 56.5 cm³/mol. The van der Waals surface area contributed by atoms with Crippen LogP contribution in [0, 0.1) is 0 Å². The summed E-state index contributed by atoms with van der Waals surface area (Å²) in [5.41, 5.74) is 7.89. The maximum atomic E-state index is 11.6. The molecule has 0 fully saturated rings. The molecule has 78 valence electrons. The van der Waals surface area contributed by atoms with Crippen LogP contribution in [0.1, 0.15) is 17.3 Å². The van der Waals surface area contributed by atoms with Crippen LogP contribution in [0.5, 0.6) is 0 Å². The Kier molecular flexibility index (Phi) is 2.29. The van der Waals surface area contributed by atoms with Crippen LogP contribution in [0.4, 0.5) is 5.69 Å². The molecule has 0 radical (unpaired) electrons. The molecule has 2 aromatic rings. The van der Waals surface area contributed by atoms with E-state index in [0.717, 1.165) is 5.52 Å². The zero-order valence-electron chi connectivity index (χ0n) is 8.28. The van der Waals surface area contributed by atoms with Gasteiger partial charge in [0.15, 0.2) is 0 Å². The Morgan fingerprint density at radius 3 is 3.13 bits per heavy atom. The predicted octanol–water partition coefficient (Wildman–Crippen LogP) is 1.32. The molecule has 0 atom stereocenters. The van der Waals surface area contributed by atoms with Crippen molar-refractivity contribution in [2.75, 3.05) is 12.3 Å². The molecule has 3 N–H and O–H groups in total. The summed E-state index contributed by atoms with van der Waals surface area (Å²) in [7, 11) is 0. The van der Waals surface area contributed by atoms with Gasteiger partial charge in [-0.1, -0.05) is 0 Å². The van der Waals surface area contributed by atoms with E-state index in [-0.39, 0.29) is 0 Å². The average Bonchev–Trinajstić information content (AvgIpc) is 2.64. The van der Waals surface area contributed by atoms with E-state index in [1.165, 1.54) is 6.33 Å². The highest BCUT2D eigenvalue weighted by molar-refractivity contribution is 6.03. The molecule has 2 rings (SSSR count). The normalized spacial score (nSPS) is 10.5. The van der Waals surface area contributed by atoms with Gasteiger partial charge < -0.3 is 15.5 Å². The fraction of sp³-hybridized carbons (Fsp3) is 0.200. The molecular formula is C10H11N3O2. The molecule has 0 aliphatic rings. The number of nitrogen functional groups attached to an aromatic ring is 1. The van der Waals surface area contributed by atoms with Crippen molar-refractivity contribution >= 4 is 22.7 Å². The number of nitrogens with two attached hydrogens (primary N) is 1. The molecule has 0 saturated carbocycles. The lowest BCUT2D eigenvalue weighted by Crippen LogP contribution is -2.06. The third kappa shape index (κ3) is 1.63. The SMILES string of the molecule is CCOC(=O)c1cc(N)cc2[nH]cnc12. The lowest BCUT2D eigenvalue weighted by molar-refractivity contribution is 0.0528. The number of H-pyrrole nitrogens is 1. The third-order valence-electron chi connectivity index (χ3n) is 2.04. The Labute approximate surface area is 86.3 Å². The van der Waals surface area contributed by atoms with Crippen LogP contribution in [-0.4, -0.2) is 22.5 Å². The maximum absolute atomic E-state index is 11.6. The number of nitrogens with one attached hydrogen (secondary N) is 1. The zero-order valence-corrected chi connectivity index (χ0v) is 8.28. The summed E-state index contributed by atoms with van der Waals surface area (Å²) in [6, 6.07) is 3.30. The molecular weight excluding hydrogens is 194 g/mol. The summed E-state index contributed by atoms with van der Waals surface area (Å²) >= 11 is 0. The number of aromatic nitrogens is 2. The first-order valence-corrected chi connectivity index (χ1v) is 4.62. The fourth-order valence-corrected chi connectivity index (χ4v) is 1.44. The van der Waals surface area contributed by atoms with Gasteiger partial charge in [0.05, 0.1) is 24.0 Å². The molecule has 0 unspecified atom stereocenters. The van der Waals surface area contributed by atoms with E-state index in [4.69, 9.17) is 10.5 Å². The zero-order chi connectivity index (χ0) is 10.8. The minimum atomic E-state index is -0.401. The van der Waals surface area contributed by atoms with Gasteiger partial charge in [-0.2, -0.15) is 0 Å². The van der Waals surface area contributed by atoms with Gasteiger partial charge in [-0.05, 0) is 19.1 Å². The number of fused-ring (bicyclic) bond motifs is 1. The summed E-state index contributed by atoms with van der Waals surface area (Å²) in [6.45, 7) is 2.09. The number of anilines is 1. The van der Waals surface area contributed by atoms with Crippen molar-refractivity contribution in [1.29, 1.82) is 0 Å². The largest absolute Gasteiger partial charge is 0.462 e. The molecule has 0 saturated heterocycles. The Balaban J connectivity index is 2.57. The van der Waals surface area contributed by atoms with Crippen molar-refractivity contribution in [2.24, 2.45) is 0 Å². The molecule has 5 heteroatoms. The molecule has 0 bridgehead atoms. The first-order valence-electron chi connectivity index (χ1n) is 4.62. The van der Waals surface area contributed by atoms with E-state index < -0.39 is 5.97 Å². The van der Waals surface area contributed by atoms with Crippen LogP contribution in [0.15, 0.2) is 18.5 Å². The van der Waals surface area contributed by atoms with E-state index in [2.05, 4.69) is 9.97 Å². The molecule has 5 nitrogen and oxygen atoms in total. The van der Waals surface area contributed by atoms with Crippen LogP contribution in [0.25, 0.3) is 11.0 Å². The van der Waals surface area contributed by atoms with Gasteiger partial charge in [0, 0.05) is 5.69 Å². The molecule has 0 aliphatic heterocycles. The number of benzene rings is 1. The molecule has 15 heavy (non-hydrogen) atoms. The van der Waals surface area contributed by atoms with Gasteiger partial charge >= 0.3 is 5.97 Å². The van der Waals surface area contributed by atoms with Crippen LogP contribution in [0.3, 0.4) is 0 Å². The number of rotatable bonds is 2. The van der Waals surface area contributed by atoms with Crippen molar-refractivity contribution < 1.29 is 9.53 Å². The topological polar surface area (TPSA) is 81.0 Å². The first-order chi connectivity index (χ1) is 7.22. The van der Waals surface area contributed by atoms with E-state index in [9.17, 15) is 4.79 Å². The highest BCUT2D eigenvalue weighted by Crippen LogP contribution is 2.19. The summed E-state index contributed by atoms with van der Waals surface area (Å²) in [4.78, 5) is 18.5. The van der Waals surface area contributed by atoms with Crippen molar-refractivity contribution in [3.63, 3.8) is 0 Å². The molecule has 0 spiro atoms. The van der Waals surface area contributed by atoms with Gasteiger partial charge in [-0.25, -0.2) is 9.78 Å². The summed E-state index contributed by atoms with van der Waals surface area (Å²) in [5, 5.41) is 0. The number of aromatic amines is 1. The highest BCUT2D eigenvalue weighted by Gasteiger charge is 2.13. The summed E-state index contributed by atoms with van der Waals surface area (Å²) in [6.07, 6.45) is 1.52. The second-order valence-corrected chi connectivity index (χ2v) is 3.09. The Morgan fingerprint density at radius 2 is 2.40 bits per heavy atom. The lowest BCUT2D eigenvalue weighted by Gasteiger charge is -2.03. The number of imidazole rings is 1. The number of ether oxygens (including phenoxy) is 1. The van der Waals surface area contributed by atoms with E-state index in [0.29, 0.717) is 23.4 Å². The maximum Gasteiger partial charge on any atom is 0.340 e. The van der Waals surface area contributed by atoms with Crippen LogP contribution < -0.4 is 5.73 Å². The van der Waals surface area contributed by atoms with Gasteiger partial charge in [0.1, 0.15) is 5.52 Å². The van der Waals surface area contributed by atoms with Crippen molar-refractivity contribution in [2.45, 2.75) is 6.92 Å². The second-order valence-electron chi connectivity index (χ2n) is 3.09. The minimum absolute atomic E-state index is 0.333. The summed E-state index contributed by atoms with van der Waals surface area (Å²) < 4.78 is 4.91. The number of carbonyl (C=O) groups is 1. The van der Waals surface area contributed by atoms with Crippen LogP contribution in [-0.2, 0) is 4.74 Å². The third-order valence-corrected chi connectivity index (χ3v) is 2.04. The van der Waals surface area contributed by atoms with Gasteiger partial charge in [0.2, 0.25) is 0 Å². The smallest absolute Gasteiger partial charge is 0.340 e. The van der Waals surface area contributed by atoms with Gasteiger partial charge in [-0.15, -0.1) is 0 Å². The number of esters is 1. The monoisotopic (exact) mass is 205 g/mol. The van der Waals surface area contributed by atoms with Gasteiger partial charge in [-0.3, -0.25) is 0 Å². The number of nitrogens with zero attached hydrogens (tertiary/aromatic N) is 1. The Morgan fingerprint density at radius 1 is 1.60 bits per heavy atom. The van der Waals surface area contributed by atoms with Crippen LogP contribution >= 0.6 is 0 Å². The van der Waals surface area contributed by atoms with Crippen LogP contribution in [0.2, 0.25) is 0 Å². The minimum Gasteiger partial charge on any atom is -0.462 e. The Bertz CT molecular complexity index is 504. The number of hydrogen-bond donors (Lipinski definition) is 2. The molecule has 1 aromatic carbocycles. The molecule has 1 heterocycles. The van der Waals surface area contributed by atoms with Crippen molar-refractivity contribution in [3.8, 4) is 0 Å². The van der Waals surface area contributed by atoms with Gasteiger partial charge in [0.25, 0.3) is 0 Å². The summed E-state index contributed by atoms with van der Waals surface area (Å²) in [5.74, 6) is -0.401. The lowest BCUT2D eigenvalue weighted by atomic mass is 10.1. The molecule has 0 aliphatic carbocycles. The van der Waals surface area contributed by atoms with Crippen molar-refractivity contribution in [3.05, 3.63) is 24.0 Å². The Hall–Kier alpha value is -2.04. The highest BCUT2D eigenvalue weighted by atomic mass is 16.5. The molecule has 0 amide bonds. The first kappa shape index (κ1) is 9.51.